The van der Waals surface area contributed by atoms with Gasteiger partial charge >= 0.3 is 0 Å². The van der Waals surface area contributed by atoms with Gasteiger partial charge in [0.15, 0.2) is 5.78 Å². The van der Waals surface area contributed by atoms with Crippen LogP contribution in [0.25, 0.3) is 33.7 Å². The van der Waals surface area contributed by atoms with E-state index in [9.17, 15) is 4.79 Å². The van der Waals surface area contributed by atoms with Crippen LogP contribution in [0.2, 0.25) is 10.0 Å². The van der Waals surface area contributed by atoms with Gasteiger partial charge in [-0.25, -0.2) is 4.98 Å². The number of aromatic nitrogens is 4. The summed E-state index contributed by atoms with van der Waals surface area (Å²) >= 11 is 12.6. The quantitative estimate of drug-likeness (QED) is 0.310. The first-order valence-corrected chi connectivity index (χ1v) is 10.8. The zero-order chi connectivity index (χ0) is 22.2. The van der Waals surface area contributed by atoms with Gasteiger partial charge in [-0.1, -0.05) is 59.6 Å². The monoisotopic (exact) mass is 460 g/mol. The standard InChI is InChI=1S/C25H18Cl2N4O/c1-31-17(13-21(30-31)15-6-3-2-4-7-15)14-23(32)16-10-11-20-22(12-16)29-25(28-20)24-18(26)8-5-9-19(24)27/h2-13H,14H2,1H3,(H,28,29). The van der Waals surface area contributed by atoms with Crippen LogP contribution in [0.4, 0.5) is 0 Å². The van der Waals surface area contributed by atoms with Crippen molar-refractivity contribution in [2.45, 2.75) is 6.42 Å². The molecule has 0 unspecified atom stereocenters. The molecular weight excluding hydrogens is 443 g/mol. The number of carbonyl (C=O) groups is 1. The van der Waals surface area contributed by atoms with Crippen molar-refractivity contribution in [3.05, 3.63) is 94.1 Å². The molecule has 0 aliphatic heterocycles. The molecule has 0 atom stereocenters. The van der Waals surface area contributed by atoms with E-state index in [1.807, 2.05) is 55.6 Å². The predicted octanol–water partition coefficient (Wildman–Crippen LogP) is 6.36. The van der Waals surface area contributed by atoms with E-state index in [-0.39, 0.29) is 12.2 Å². The highest BCUT2D eigenvalue weighted by Crippen LogP contribution is 2.34. The topological polar surface area (TPSA) is 63.6 Å². The summed E-state index contributed by atoms with van der Waals surface area (Å²) in [6.07, 6.45) is 0.249. The second-order valence-electron chi connectivity index (χ2n) is 7.52. The summed E-state index contributed by atoms with van der Waals surface area (Å²) in [7, 11) is 1.85. The number of hydrogen-bond acceptors (Lipinski definition) is 3. The van der Waals surface area contributed by atoms with Crippen molar-refractivity contribution in [2.24, 2.45) is 7.05 Å². The van der Waals surface area contributed by atoms with E-state index in [2.05, 4.69) is 15.1 Å². The number of halogens is 2. The number of H-pyrrole nitrogens is 1. The number of aryl methyl sites for hydroxylation is 1. The summed E-state index contributed by atoms with van der Waals surface area (Å²) < 4.78 is 1.76. The van der Waals surface area contributed by atoms with Crippen LogP contribution in [0.1, 0.15) is 16.1 Å². The van der Waals surface area contributed by atoms with Crippen molar-refractivity contribution in [1.82, 2.24) is 19.7 Å². The van der Waals surface area contributed by atoms with E-state index in [4.69, 9.17) is 23.2 Å². The largest absolute Gasteiger partial charge is 0.338 e. The fourth-order valence-corrected chi connectivity index (χ4v) is 4.29. The fourth-order valence-electron chi connectivity index (χ4n) is 3.71. The van der Waals surface area contributed by atoms with Gasteiger partial charge in [0, 0.05) is 23.9 Å². The zero-order valence-corrected chi connectivity index (χ0v) is 18.7. The second kappa shape index (κ2) is 8.26. The SMILES string of the molecule is Cn1nc(-c2ccccc2)cc1CC(=O)c1ccc2nc(-c3c(Cl)cccc3Cl)[nH]c2c1. The number of benzene rings is 3. The van der Waals surface area contributed by atoms with Gasteiger partial charge in [0.2, 0.25) is 0 Å². The number of fused-ring (bicyclic) bond motifs is 1. The molecule has 0 radical (unpaired) electrons. The first-order chi connectivity index (χ1) is 15.5. The van der Waals surface area contributed by atoms with E-state index in [0.29, 0.717) is 27.0 Å². The second-order valence-corrected chi connectivity index (χ2v) is 8.34. The average Bonchev–Trinajstić information content (AvgIpc) is 3.37. The molecule has 2 heterocycles. The lowest BCUT2D eigenvalue weighted by Crippen LogP contribution is -2.07. The first-order valence-electron chi connectivity index (χ1n) is 10.1. The number of rotatable bonds is 5. The molecule has 158 valence electrons. The van der Waals surface area contributed by atoms with E-state index in [0.717, 1.165) is 28.0 Å². The van der Waals surface area contributed by atoms with Crippen LogP contribution in [0, 0.1) is 0 Å². The minimum atomic E-state index is 0.00133. The summed E-state index contributed by atoms with van der Waals surface area (Å²) in [6.45, 7) is 0. The van der Waals surface area contributed by atoms with Crippen LogP contribution in [0.5, 0.6) is 0 Å². The number of ketones is 1. The van der Waals surface area contributed by atoms with Crippen molar-refractivity contribution in [1.29, 1.82) is 0 Å². The van der Waals surface area contributed by atoms with Crippen molar-refractivity contribution >= 4 is 40.0 Å². The fraction of sp³-hybridized carbons (Fsp3) is 0.0800. The Hall–Kier alpha value is -3.41. The number of carbonyl (C=O) groups excluding carboxylic acids is 1. The Labute approximate surface area is 194 Å². The molecule has 0 aliphatic carbocycles. The lowest BCUT2D eigenvalue weighted by molar-refractivity contribution is 0.0991. The number of imidazole rings is 1. The number of nitrogens with zero attached hydrogens (tertiary/aromatic N) is 3. The van der Waals surface area contributed by atoms with E-state index in [1.54, 1.807) is 28.9 Å². The average molecular weight is 461 g/mol. The highest BCUT2D eigenvalue weighted by atomic mass is 35.5. The van der Waals surface area contributed by atoms with Crippen LogP contribution >= 0.6 is 23.2 Å². The number of hydrogen-bond donors (Lipinski definition) is 1. The van der Waals surface area contributed by atoms with E-state index < -0.39 is 0 Å². The van der Waals surface area contributed by atoms with Gasteiger partial charge in [-0.3, -0.25) is 9.48 Å². The third kappa shape index (κ3) is 3.81. The maximum absolute atomic E-state index is 13.0. The minimum Gasteiger partial charge on any atom is -0.338 e. The maximum Gasteiger partial charge on any atom is 0.168 e. The van der Waals surface area contributed by atoms with Gasteiger partial charge in [0.25, 0.3) is 0 Å². The third-order valence-corrected chi connectivity index (χ3v) is 6.02. The molecule has 5 nitrogen and oxygen atoms in total. The highest BCUT2D eigenvalue weighted by molar-refractivity contribution is 6.39. The van der Waals surface area contributed by atoms with Crippen LogP contribution in [0.3, 0.4) is 0 Å². The number of aromatic amines is 1. The van der Waals surface area contributed by atoms with Gasteiger partial charge in [-0.2, -0.15) is 5.10 Å². The normalized spacial score (nSPS) is 11.2. The Morgan fingerprint density at radius 3 is 2.47 bits per heavy atom. The molecule has 7 heteroatoms. The molecule has 0 bridgehead atoms. The van der Waals surface area contributed by atoms with Gasteiger partial charge in [0.05, 0.1) is 38.8 Å². The Morgan fingerprint density at radius 1 is 0.969 bits per heavy atom. The Morgan fingerprint density at radius 2 is 1.72 bits per heavy atom. The van der Waals surface area contributed by atoms with Gasteiger partial charge in [-0.05, 0) is 36.4 Å². The smallest absolute Gasteiger partial charge is 0.168 e. The van der Waals surface area contributed by atoms with Crippen molar-refractivity contribution in [3.8, 4) is 22.6 Å². The van der Waals surface area contributed by atoms with E-state index in [1.165, 1.54) is 0 Å². The Bertz CT molecular complexity index is 1430. The van der Waals surface area contributed by atoms with Crippen LogP contribution in [-0.4, -0.2) is 25.5 Å². The molecular formula is C25H18Cl2N4O. The van der Waals surface area contributed by atoms with Crippen LogP contribution in [-0.2, 0) is 13.5 Å². The molecule has 3 aromatic carbocycles. The molecule has 5 rings (SSSR count). The molecule has 5 aromatic rings. The molecule has 0 saturated carbocycles. The van der Waals surface area contributed by atoms with Gasteiger partial charge in [-0.15, -0.1) is 0 Å². The number of Topliss-reactive ketones (excluding diaryl/α,β-unsaturated/α-hetero) is 1. The highest BCUT2D eigenvalue weighted by Gasteiger charge is 2.16. The molecule has 2 aromatic heterocycles. The first kappa shape index (κ1) is 20.5. The Kier molecular flexibility index (Phi) is 5.29. The minimum absolute atomic E-state index is 0.00133. The molecule has 0 amide bonds. The summed E-state index contributed by atoms with van der Waals surface area (Å²) in [4.78, 5) is 20.9. The summed E-state index contributed by atoms with van der Waals surface area (Å²) in [5, 5.41) is 5.58. The summed E-state index contributed by atoms with van der Waals surface area (Å²) in [5.74, 6) is 0.570. The molecule has 0 aliphatic rings. The lowest BCUT2D eigenvalue weighted by atomic mass is 10.1. The maximum atomic E-state index is 13.0. The van der Waals surface area contributed by atoms with Gasteiger partial charge < -0.3 is 4.98 Å². The van der Waals surface area contributed by atoms with Gasteiger partial charge in [0.1, 0.15) is 5.82 Å². The predicted molar refractivity (Wildman–Crippen MR) is 128 cm³/mol. The van der Waals surface area contributed by atoms with Crippen molar-refractivity contribution in [3.63, 3.8) is 0 Å². The zero-order valence-electron chi connectivity index (χ0n) is 17.1. The van der Waals surface area contributed by atoms with E-state index >= 15 is 0 Å². The third-order valence-electron chi connectivity index (χ3n) is 5.39. The molecule has 0 fully saturated rings. The van der Waals surface area contributed by atoms with Crippen molar-refractivity contribution in [2.75, 3.05) is 0 Å². The Balaban J connectivity index is 1.43. The molecule has 32 heavy (non-hydrogen) atoms. The number of nitrogens with one attached hydrogen (secondary N) is 1. The summed E-state index contributed by atoms with van der Waals surface area (Å²) in [6, 6.07) is 22.6. The molecule has 0 spiro atoms. The lowest BCUT2D eigenvalue weighted by Gasteiger charge is -2.02. The van der Waals surface area contributed by atoms with Crippen LogP contribution < -0.4 is 0 Å². The molecule has 1 N–H and O–H groups in total. The summed E-state index contributed by atoms with van der Waals surface area (Å²) in [5.41, 5.74) is 5.44. The molecule has 0 saturated heterocycles. The van der Waals surface area contributed by atoms with Crippen LogP contribution in [0.15, 0.2) is 72.8 Å². The van der Waals surface area contributed by atoms with Crippen molar-refractivity contribution < 1.29 is 4.79 Å².